The molecule has 0 saturated carbocycles. The van der Waals surface area contributed by atoms with E-state index in [0.29, 0.717) is 0 Å². The van der Waals surface area contributed by atoms with Crippen molar-refractivity contribution in [1.82, 2.24) is 15.1 Å². The zero-order valence-electron chi connectivity index (χ0n) is 13.0. The lowest BCUT2D eigenvalue weighted by Gasteiger charge is -2.18. The van der Waals surface area contributed by atoms with Gasteiger partial charge in [-0.1, -0.05) is 32.0 Å². The van der Waals surface area contributed by atoms with Gasteiger partial charge >= 0.3 is 0 Å². The topological polar surface area (TPSA) is 29.9 Å². The van der Waals surface area contributed by atoms with Gasteiger partial charge in [0.1, 0.15) is 0 Å². The van der Waals surface area contributed by atoms with Gasteiger partial charge in [0.2, 0.25) is 0 Å². The van der Waals surface area contributed by atoms with Crippen molar-refractivity contribution in [1.29, 1.82) is 0 Å². The number of aromatic nitrogens is 2. The number of benzene rings is 1. The monoisotopic (exact) mass is 271 g/mol. The summed E-state index contributed by atoms with van der Waals surface area (Å²) < 4.78 is 2.03. The SMILES string of the molecule is CCCn1cc(C(NCC)c2ccc(C)c(C)c2)cn1. The molecule has 0 spiro atoms. The molecule has 1 aromatic heterocycles. The first kappa shape index (κ1) is 14.8. The van der Waals surface area contributed by atoms with Crippen LogP contribution in [-0.4, -0.2) is 16.3 Å². The Morgan fingerprint density at radius 3 is 2.60 bits per heavy atom. The van der Waals surface area contributed by atoms with Crippen LogP contribution in [0.5, 0.6) is 0 Å². The molecule has 3 nitrogen and oxygen atoms in total. The first-order valence-electron chi connectivity index (χ1n) is 7.48. The van der Waals surface area contributed by atoms with Crippen molar-refractivity contribution in [3.05, 3.63) is 52.8 Å². The van der Waals surface area contributed by atoms with Gasteiger partial charge in [-0.05, 0) is 43.5 Å². The summed E-state index contributed by atoms with van der Waals surface area (Å²) in [6.45, 7) is 10.6. The molecule has 0 fully saturated rings. The number of nitrogens with one attached hydrogen (secondary N) is 1. The fraction of sp³-hybridized carbons (Fsp3) is 0.471. The summed E-state index contributed by atoms with van der Waals surface area (Å²) in [6, 6.07) is 6.92. The minimum Gasteiger partial charge on any atom is -0.306 e. The largest absolute Gasteiger partial charge is 0.306 e. The van der Waals surface area contributed by atoms with Crippen LogP contribution in [0.25, 0.3) is 0 Å². The zero-order valence-corrected chi connectivity index (χ0v) is 13.0. The van der Waals surface area contributed by atoms with Crippen molar-refractivity contribution in [2.24, 2.45) is 0 Å². The molecule has 1 heterocycles. The minimum absolute atomic E-state index is 0.227. The van der Waals surface area contributed by atoms with Crippen LogP contribution in [0.15, 0.2) is 30.6 Å². The van der Waals surface area contributed by atoms with E-state index in [-0.39, 0.29) is 6.04 Å². The van der Waals surface area contributed by atoms with Gasteiger partial charge in [-0.3, -0.25) is 4.68 Å². The summed E-state index contributed by atoms with van der Waals surface area (Å²) in [5.41, 5.74) is 5.23. The van der Waals surface area contributed by atoms with E-state index in [1.807, 2.05) is 10.9 Å². The molecule has 3 heteroatoms. The van der Waals surface area contributed by atoms with Gasteiger partial charge in [-0.15, -0.1) is 0 Å². The fourth-order valence-corrected chi connectivity index (χ4v) is 2.46. The first-order chi connectivity index (χ1) is 9.65. The molecular weight excluding hydrogens is 246 g/mol. The second-order valence-electron chi connectivity index (χ2n) is 5.37. The maximum absolute atomic E-state index is 4.45. The summed E-state index contributed by atoms with van der Waals surface area (Å²) in [5, 5.41) is 8.02. The van der Waals surface area contributed by atoms with E-state index in [1.165, 1.54) is 22.3 Å². The van der Waals surface area contributed by atoms with Crippen molar-refractivity contribution in [3.8, 4) is 0 Å². The molecule has 1 aromatic carbocycles. The number of hydrogen-bond acceptors (Lipinski definition) is 2. The summed E-state index contributed by atoms with van der Waals surface area (Å²) in [4.78, 5) is 0. The van der Waals surface area contributed by atoms with Crippen LogP contribution in [0.1, 0.15) is 48.6 Å². The minimum atomic E-state index is 0.227. The predicted molar refractivity (Wildman–Crippen MR) is 84.0 cm³/mol. The lowest BCUT2D eigenvalue weighted by molar-refractivity contribution is 0.597. The molecule has 0 aliphatic heterocycles. The average Bonchev–Trinajstić information content (AvgIpc) is 2.88. The Bertz CT molecular complexity index is 557. The van der Waals surface area contributed by atoms with Crippen LogP contribution in [0, 0.1) is 13.8 Å². The van der Waals surface area contributed by atoms with Crippen molar-refractivity contribution in [2.45, 2.75) is 46.7 Å². The van der Waals surface area contributed by atoms with Crippen LogP contribution in [-0.2, 0) is 6.54 Å². The van der Waals surface area contributed by atoms with E-state index in [2.05, 4.69) is 62.5 Å². The molecular formula is C17H25N3. The van der Waals surface area contributed by atoms with Crippen molar-refractivity contribution in [2.75, 3.05) is 6.54 Å². The first-order valence-corrected chi connectivity index (χ1v) is 7.48. The quantitative estimate of drug-likeness (QED) is 0.870. The Hall–Kier alpha value is -1.61. The van der Waals surface area contributed by atoms with E-state index in [1.54, 1.807) is 0 Å². The summed E-state index contributed by atoms with van der Waals surface area (Å²) in [6.07, 6.45) is 5.25. The zero-order chi connectivity index (χ0) is 14.5. The summed E-state index contributed by atoms with van der Waals surface area (Å²) >= 11 is 0. The molecule has 0 aliphatic rings. The van der Waals surface area contributed by atoms with Crippen molar-refractivity contribution < 1.29 is 0 Å². The highest BCUT2D eigenvalue weighted by Gasteiger charge is 2.15. The molecule has 0 bridgehead atoms. The molecule has 20 heavy (non-hydrogen) atoms. The molecule has 2 rings (SSSR count). The van der Waals surface area contributed by atoms with E-state index in [0.717, 1.165) is 19.5 Å². The van der Waals surface area contributed by atoms with Crippen LogP contribution in [0.2, 0.25) is 0 Å². The normalized spacial score (nSPS) is 12.6. The Kier molecular flexibility index (Phi) is 4.96. The Balaban J connectivity index is 2.31. The summed E-state index contributed by atoms with van der Waals surface area (Å²) in [7, 11) is 0. The molecule has 0 amide bonds. The van der Waals surface area contributed by atoms with E-state index in [4.69, 9.17) is 0 Å². The molecule has 2 aromatic rings. The third kappa shape index (κ3) is 3.28. The second kappa shape index (κ2) is 6.71. The molecule has 108 valence electrons. The van der Waals surface area contributed by atoms with Crippen LogP contribution >= 0.6 is 0 Å². The van der Waals surface area contributed by atoms with Gasteiger partial charge in [-0.2, -0.15) is 5.10 Å². The van der Waals surface area contributed by atoms with Gasteiger partial charge in [0.05, 0.1) is 12.2 Å². The van der Waals surface area contributed by atoms with Gasteiger partial charge in [0, 0.05) is 18.3 Å². The number of nitrogens with zero attached hydrogens (tertiary/aromatic N) is 2. The van der Waals surface area contributed by atoms with E-state index >= 15 is 0 Å². The fourth-order valence-electron chi connectivity index (χ4n) is 2.46. The molecule has 1 N–H and O–H groups in total. The third-order valence-electron chi connectivity index (χ3n) is 3.71. The van der Waals surface area contributed by atoms with Crippen molar-refractivity contribution in [3.63, 3.8) is 0 Å². The van der Waals surface area contributed by atoms with Crippen molar-refractivity contribution >= 4 is 0 Å². The highest BCUT2D eigenvalue weighted by atomic mass is 15.3. The predicted octanol–water partition coefficient (Wildman–Crippen LogP) is 3.61. The molecule has 1 atom stereocenters. The lowest BCUT2D eigenvalue weighted by atomic mass is 9.97. The van der Waals surface area contributed by atoms with Crippen LogP contribution < -0.4 is 5.32 Å². The van der Waals surface area contributed by atoms with Gasteiger partial charge in [-0.25, -0.2) is 0 Å². The van der Waals surface area contributed by atoms with Crippen LogP contribution in [0.3, 0.4) is 0 Å². The summed E-state index contributed by atoms with van der Waals surface area (Å²) in [5.74, 6) is 0. The maximum atomic E-state index is 4.45. The van der Waals surface area contributed by atoms with E-state index in [9.17, 15) is 0 Å². The number of aryl methyl sites for hydroxylation is 3. The molecule has 0 aliphatic carbocycles. The second-order valence-corrected chi connectivity index (χ2v) is 5.37. The number of hydrogen-bond donors (Lipinski definition) is 1. The molecule has 0 saturated heterocycles. The smallest absolute Gasteiger partial charge is 0.0607 e. The van der Waals surface area contributed by atoms with Gasteiger partial charge in [0.25, 0.3) is 0 Å². The standard InChI is InChI=1S/C17H25N3/c1-5-9-20-12-16(11-19-20)17(18-6-2)15-8-7-13(3)14(4)10-15/h7-8,10-12,17-18H,5-6,9H2,1-4H3. The third-order valence-corrected chi connectivity index (χ3v) is 3.71. The highest BCUT2D eigenvalue weighted by molar-refractivity contribution is 5.36. The Morgan fingerprint density at radius 1 is 1.15 bits per heavy atom. The van der Waals surface area contributed by atoms with Crippen LogP contribution in [0.4, 0.5) is 0 Å². The molecule has 0 radical (unpaired) electrons. The Morgan fingerprint density at radius 2 is 1.95 bits per heavy atom. The highest BCUT2D eigenvalue weighted by Crippen LogP contribution is 2.23. The molecule has 1 unspecified atom stereocenters. The average molecular weight is 271 g/mol. The number of rotatable bonds is 6. The maximum Gasteiger partial charge on any atom is 0.0607 e. The lowest BCUT2D eigenvalue weighted by Crippen LogP contribution is -2.21. The Labute approximate surface area is 122 Å². The van der Waals surface area contributed by atoms with Gasteiger partial charge < -0.3 is 5.32 Å². The van der Waals surface area contributed by atoms with Gasteiger partial charge in [0.15, 0.2) is 0 Å². The van der Waals surface area contributed by atoms with E-state index < -0.39 is 0 Å².